The minimum atomic E-state index is -0.265. The summed E-state index contributed by atoms with van der Waals surface area (Å²) < 4.78 is 0. The van der Waals surface area contributed by atoms with Gasteiger partial charge in [0.05, 0.1) is 5.69 Å². The molecule has 0 saturated heterocycles. The smallest absolute Gasteiger partial charge is 0.0540 e. The van der Waals surface area contributed by atoms with Gasteiger partial charge in [0.25, 0.3) is 0 Å². The molecule has 0 spiro atoms. The van der Waals surface area contributed by atoms with Crippen LogP contribution in [0.3, 0.4) is 0 Å². The molecule has 1 aliphatic carbocycles. The SMILES string of the molecule is CC1(c2ccccc2)c2ccccc2-c2c(-c3ccc4cccc(N(c5ccc(-c6cccc7ccccc67)cc5)c5ccc(-c6cccc7ccccc67)cc5)c4c3)cccc21. The average molecular weight is 802 g/mol. The summed E-state index contributed by atoms with van der Waals surface area (Å²) in [7, 11) is 0. The number of benzene rings is 11. The monoisotopic (exact) mass is 801 g/mol. The average Bonchev–Trinajstić information content (AvgIpc) is 3.63. The zero-order chi connectivity index (χ0) is 41.9. The molecule has 0 fully saturated rings. The topological polar surface area (TPSA) is 3.24 Å². The Hall–Kier alpha value is -8.00. The summed E-state index contributed by atoms with van der Waals surface area (Å²) in [4.78, 5) is 2.43. The van der Waals surface area contributed by atoms with Crippen molar-refractivity contribution in [1.29, 1.82) is 0 Å². The zero-order valence-corrected chi connectivity index (χ0v) is 35.0. The van der Waals surface area contributed by atoms with Crippen LogP contribution in [-0.4, -0.2) is 0 Å². The molecule has 0 aromatic heterocycles. The Bertz CT molecular complexity index is 3380. The Balaban J connectivity index is 1.02. The van der Waals surface area contributed by atoms with E-state index in [0.717, 1.165) is 17.1 Å². The maximum Gasteiger partial charge on any atom is 0.0540 e. The molecule has 0 N–H and O–H groups in total. The van der Waals surface area contributed by atoms with E-state index in [4.69, 9.17) is 0 Å². The molecule has 0 aliphatic heterocycles. The number of nitrogens with zero attached hydrogens (tertiary/aromatic N) is 1. The summed E-state index contributed by atoms with van der Waals surface area (Å²) in [5, 5.41) is 7.40. The highest BCUT2D eigenvalue weighted by Gasteiger charge is 2.41. The minimum Gasteiger partial charge on any atom is -0.310 e. The van der Waals surface area contributed by atoms with E-state index in [1.54, 1.807) is 0 Å². The zero-order valence-electron chi connectivity index (χ0n) is 35.0. The fourth-order valence-electron chi connectivity index (χ4n) is 10.4. The van der Waals surface area contributed by atoms with Crippen molar-refractivity contribution >= 4 is 49.4 Å². The van der Waals surface area contributed by atoms with Gasteiger partial charge in [-0.05, 0) is 131 Å². The molecular formula is C62H43N. The highest BCUT2D eigenvalue weighted by molar-refractivity contribution is 6.04. The normalized spacial score (nSPS) is 14.2. The van der Waals surface area contributed by atoms with Crippen molar-refractivity contribution in [2.75, 3.05) is 4.90 Å². The van der Waals surface area contributed by atoms with Gasteiger partial charge in [0.2, 0.25) is 0 Å². The van der Waals surface area contributed by atoms with Crippen LogP contribution in [0.1, 0.15) is 23.6 Å². The van der Waals surface area contributed by atoms with Crippen molar-refractivity contribution in [1.82, 2.24) is 0 Å². The number of fused-ring (bicyclic) bond motifs is 6. The Morgan fingerprint density at radius 1 is 0.317 bits per heavy atom. The van der Waals surface area contributed by atoms with E-state index in [1.807, 2.05) is 0 Å². The van der Waals surface area contributed by atoms with Crippen LogP contribution in [0.5, 0.6) is 0 Å². The summed E-state index contributed by atoms with van der Waals surface area (Å²) >= 11 is 0. The van der Waals surface area contributed by atoms with Gasteiger partial charge in [-0.2, -0.15) is 0 Å². The second-order valence-corrected chi connectivity index (χ2v) is 17.0. The molecule has 12 rings (SSSR count). The first-order chi connectivity index (χ1) is 31.1. The quantitative estimate of drug-likeness (QED) is 0.155. The highest BCUT2D eigenvalue weighted by Crippen LogP contribution is 2.55. The molecule has 0 amide bonds. The molecule has 1 heteroatoms. The molecule has 0 heterocycles. The van der Waals surface area contributed by atoms with Gasteiger partial charge >= 0.3 is 0 Å². The summed E-state index contributed by atoms with van der Waals surface area (Å²) in [5.74, 6) is 0. The Labute approximate surface area is 368 Å². The molecule has 1 aliphatic rings. The third-order valence-electron chi connectivity index (χ3n) is 13.6. The molecule has 11 aromatic carbocycles. The second-order valence-electron chi connectivity index (χ2n) is 17.0. The van der Waals surface area contributed by atoms with E-state index in [0.29, 0.717) is 0 Å². The summed E-state index contributed by atoms with van der Waals surface area (Å²) in [5.41, 5.74) is 17.0. The highest BCUT2D eigenvalue weighted by atomic mass is 15.1. The molecule has 11 aromatic rings. The summed E-state index contributed by atoms with van der Waals surface area (Å²) in [6, 6.07) is 89.3. The third kappa shape index (κ3) is 6.00. The molecule has 0 saturated carbocycles. The largest absolute Gasteiger partial charge is 0.310 e. The van der Waals surface area contributed by atoms with Crippen molar-refractivity contribution in [3.8, 4) is 44.5 Å². The predicted octanol–water partition coefficient (Wildman–Crippen LogP) is 17.0. The summed E-state index contributed by atoms with van der Waals surface area (Å²) in [6.45, 7) is 2.39. The number of rotatable bonds is 7. The van der Waals surface area contributed by atoms with Crippen LogP contribution in [0.15, 0.2) is 243 Å². The fraction of sp³-hybridized carbons (Fsp3) is 0.0323. The lowest BCUT2D eigenvalue weighted by Crippen LogP contribution is -2.22. The van der Waals surface area contributed by atoms with Crippen molar-refractivity contribution in [2.24, 2.45) is 0 Å². The molecule has 63 heavy (non-hydrogen) atoms. The van der Waals surface area contributed by atoms with E-state index in [9.17, 15) is 0 Å². The summed E-state index contributed by atoms with van der Waals surface area (Å²) in [6.07, 6.45) is 0. The lowest BCUT2D eigenvalue weighted by atomic mass is 9.74. The third-order valence-corrected chi connectivity index (χ3v) is 13.6. The lowest BCUT2D eigenvalue weighted by Gasteiger charge is -2.28. The Morgan fingerprint density at radius 2 is 0.778 bits per heavy atom. The van der Waals surface area contributed by atoms with Crippen LogP contribution in [0.25, 0.3) is 76.8 Å². The van der Waals surface area contributed by atoms with Gasteiger partial charge < -0.3 is 4.90 Å². The maximum atomic E-state index is 2.43. The van der Waals surface area contributed by atoms with Crippen molar-refractivity contribution in [2.45, 2.75) is 12.3 Å². The molecule has 0 radical (unpaired) electrons. The lowest BCUT2D eigenvalue weighted by molar-refractivity contribution is 0.714. The van der Waals surface area contributed by atoms with Crippen LogP contribution in [0, 0.1) is 0 Å². The van der Waals surface area contributed by atoms with Crippen LogP contribution >= 0.6 is 0 Å². The van der Waals surface area contributed by atoms with Crippen LogP contribution in [0.4, 0.5) is 17.1 Å². The first kappa shape index (κ1) is 36.8. The van der Waals surface area contributed by atoms with Gasteiger partial charge in [0.1, 0.15) is 0 Å². The predicted molar refractivity (Wildman–Crippen MR) is 267 cm³/mol. The standard InChI is InChI=1S/C62H43N/c1-62(48-20-3-2-4-21-48)58-28-10-9-24-56(58)61-55(27-14-29-59(61)62)47-32-31-44-19-13-30-60(57(44)41-47)63(49-37-33-45(34-38-49)53-25-11-17-42-15-5-7-22-51(42)53)50-39-35-46(36-40-50)54-26-12-18-43-16-6-8-23-52(43)54/h2-41H,1H3. The molecule has 296 valence electrons. The molecule has 1 nitrogen and oxygen atoms in total. The van der Waals surface area contributed by atoms with Gasteiger partial charge in [-0.3, -0.25) is 0 Å². The Kier molecular flexibility index (Phi) is 8.69. The first-order valence-electron chi connectivity index (χ1n) is 21.9. The first-order valence-corrected chi connectivity index (χ1v) is 21.9. The maximum absolute atomic E-state index is 2.43. The fourth-order valence-corrected chi connectivity index (χ4v) is 10.4. The van der Waals surface area contributed by atoms with Crippen molar-refractivity contribution in [3.63, 3.8) is 0 Å². The molecule has 1 atom stereocenters. The van der Waals surface area contributed by atoms with Crippen LogP contribution in [0.2, 0.25) is 0 Å². The van der Waals surface area contributed by atoms with Crippen molar-refractivity contribution < 1.29 is 0 Å². The van der Waals surface area contributed by atoms with Crippen LogP contribution in [-0.2, 0) is 5.41 Å². The number of hydrogen-bond donors (Lipinski definition) is 0. The number of hydrogen-bond acceptors (Lipinski definition) is 1. The molecular weight excluding hydrogens is 759 g/mol. The minimum absolute atomic E-state index is 0.265. The Morgan fingerprint density at radius 3 is 1.43 bits per heavy atom. The van der Waals surface area contributed by atoms with Gasteiger partial charge in [0.15, 0.2) is 0 Å². The van der Waals surface area contributed by atoms with Gasteiger partial charge in [-0.15, -0.1) is 0 Å². The van der Waals surface area contributed by atoms with E-state index in [-0.39, 0.29) is 5.41 Å². The molecule has 0 bridgehead atoms. The van der Waals surface area contributed by atoms with E-state index < -0.39 is 0 Å². The van der Waals surface area contributed by atoms with Gasteiger partial charge in [-0.1, -0.05) is 206 Å². The second kappa shape index (κ2) is 14.9. The van der Waals surface area contributed by atoms with E-state index >= 15 is 0 Å². The van der Waals surface area contributed by atoms with E-state index in [1.165, 1.54) is 93.5 Å². The number of anilines is 3. The van der Waals surface area contributed by atoms with E-state index in [2.05, 4.69) is 254 Å². The van der Waals surface area contributed by atoms with Gasteiger partial charge in [0, 0.05) is 22.2 Å². The molecule has 1 unspecified atom stereocenters. The van der Waals surface area contributed by atoms with Gasteiger partial charge in [-0.25, -0.2) is 0 Å². The van der Waals surface area contributed by atoms with Crippen LogP contribution < -0.4 is 4.90 Å². The van der Waals surface area contributed by atoms with Crippen molar-refractivity contribution in [3.05, 3.63) is 259 Å².